The number of thiophene rings is 1. The first-order valence-electron chi connectivity index (χ1n) is 11.1. The first kappa shape index (κ1) is 23.0. The number of nitrogens with zero attached hydrogens (tertiary/aromatic N) is 1. The predicted molar refractivity (Wildman–Crippen MR) is 138 cm³/mol. The number of phenolic OH excluding ortho intramolecular Hbond substituents is 1. The minimum Gasteiger partial charge on any atom is -0.508 e. The molecule has 4 rings (SSSR count). The lowest BCUT2D eigenvalue weighted by Gasteiger charge is -2.26. The van der Waals surface area contributed by atoms with Crippen LogP contribution in [0.4, 0.5) is 11.4 Å². The number of benzene rings is 2. The molecule has 4 aromatic rings. The number of aromatic hydroxyl groups is 1. The van der Waals surface area contributed by atoms with Gasteiger partial charge in [0, 0.05) is 23.3 Å². The fourth-order valence-corrected chi connectivity index (χ4v) is 5.05. The topological polar surface area (TPSA) is 81.7 Å². The van der Waals surface area contributed by atoms with Crippen molar-refractivity contribution in [2.24, 2.45) is 0 Å². The molecule has 0 saturated heterocycles. The van der Waals surface area contributed by atoms with Crippen LogP contribution in [0.3, 0.4) is 0 Å². The highest BCUT2D eigenvalue weighted by Crippen LogP contribution is 2.27. The molecule has 3 N–H and O–H groups in total. The summed E-state index contributed by atoms with van der Waals surface area (Å²) in [7, 11) is 3.97. The van der Waals surface area contributed by atoms with Gasteiger partial charge in [-0.1, -0.05) is 30.3 Å². The third-order valence-electron chi connectivity index (χ3n) is 6.04. The fourth-order valence-electron chi connectivity index (χ4n) is 4.08. The van der Waals surface area contributed by atoms with Crippen LogP contribution in [-0.2, 0) is 12.8 Å². The van der Waals surface area contributed by atoms with Crippen LogP contribution in [0.5, 0.6) is 5.75 Å². The molecule has 0 radical (unpaired) electrons. The number of phenols is 1. The summed E-state index contributed by atoms with van der Waals surface area (Å²) >= 11 is 1.72. The van der Waals surface area contributed by atoms with E-state index in [1.54, 1.807) is 23.5 Å². The number of nitrogens with one attached hydrogen (secondary N) is 2. The van der Waals surface area contributed by atoms with Crippen molar-refractivity contribution in [3.8, 4) is 5.75 Å². The molecule has 0 unspecified atom stereocenters. The highest BCUT2D eigenvalue weighted by atomic mass is 32.1. The number of hydrogen-bond donors (Lipinski definition) is 3. The molecule has 3 aromatic carbocycles. The van der Waals surface area contributed by atoms with E-state index in [0.717, 1.165) is 18.4 Å². The Hall–Kier alpha value is -3.16. The molecule has 1 heterocycles. The van der Waals surface area contributed by atoms with Crippen LogP contribution < -0.4 is 21.5 Å². The Morgan fingerprint density at radius 2 is 1.67 bits per heavy atom. The second kappa shape index (κ2) is 9.77. The van der Waals surface area contributed by atoms with Crippen molar-refractivity contribution in [2.45, 2.75) is 31.8 Å². The Bertz CT molecular complexity index is 1300. The van der Waals surface area contributed by atoms with E-state index >= 15 is 0 Å². The van der Waals surface area contributed by atoms with Crippen LogP contribution in [-0.4, -0.2) is 42.7 Å². The van der Waals surface area contributed by atoms with Gasteiger partial charge in [-0.05, 0) is 74.0 Å². The molecule has 0 spiro atoms. The fraction of sp³-hybridized carbons (Fsp3) is 0.308. The third kappa shape index (κ3) is 5.10. The van der Waals surface area contributed by atoms with Gasteiger partial charge in [-0.15, -0.1) is 11.3 Å². The molecule has 0 amide bonds. The van der Waals surface area contributed by atoms with Crippen LogP contribution in [0.25, 0.3) is 10.1 Å². The number of rotatable bonds is 10. The second-order valence-corrected chi connectivity index (χ2v) is 9.69. The van der Waals surface area contributed by atoms with Crippen molar-refractivity contribution >= 4 is 32.8 Å². The van der Waals surface area contributed by atoms with Crippen molar-refractivity contribution in [3.63, 3.8) is 0 Å². The molecule has 0 aliphatic carbocycles. The Labute approximate surface area is 197 Å². The molecule has 2 atom stereocenters. The summed E-state index contributed by atoms with van der Waals surface area (Å²) in [6, 6.07) is 15.6. The van der Waals surface area contributed by atoms with Gasteiger partial charge in [0.25, 0.3) is 10.9 Å². The van der Waals surface area contributed by atoms with Crippen molar-refractivity contribution < 1.29 is 5.11 Å². The van der Waals surface area contributed by atoms with E-state index in [0.29, 0.717) is 17.9 Å². The summed E-state index contributed by atoms with van der Waals surface area (Å²) < 4.78 is 1.25. The molecule has 1 aromatic heterocycles. The molecule has 0 saturated carbocycles. The van der Waals surface area contributed by atoms with E-state index in [2.05, 4.69) is 33.0 Å². The van der Waals surface area contributed by atoms with Crippen LogP contribution in [0.1, 0.15) is 18.1 Å². The van der Waals surface area contributed by atoms with Crippen molar-refractivity contribution in [1.29, 1.82) is 0 Å². The van der Waals surface area contributed by atoms with Crippen molar-refractivity contribution in [1.82, 2.24) is 4.90 Å². The van der Waals surface area contributed by atoms with Crippen LogP contribution >= 0.6 is 11.3 Å². The average Bonchev–Trinajstić information content (AvgIpc) is 3.21. The largest absolute Gasteiger partial charge is 0.508 e. The van der Waals surface area contributed by atoms with Gasteiger partial charge >= 0.3 is 0 Å². The van der Waals surface area contributed by atoms with Gasteiger partial charge in [0.05, 0.1) is 0 Å². The Balaban J connectivity index is 1.41. The zero-order chi connectivity index (χ0) is 23.5. The summed E-state index contributed by atoms with van der Waals surface area (Å²) in [4.78, 5) is 26.6. The van der Waals surface area contributed by atoms with E-state index in [9.17, 15) is 14.7 Å². The molecular weight excluding hydrogens is 434 g/mol. The highest BCUT2D eigenvalue weighted by Gasteiger charge is 2.24. The molecular formula is C26H29N3O3S. The smallest absolute Gasteiger partial charge is 0.253 e. The van der Waals surface area contributed by atoms with Crippen LogP contribution in [0, 0.1) is 0 Å². The van der Waals surface area contributed by atoms with Gasteiger partial charge in [0.2, 0.25) is 0 Å². The normalized spacial score (nSPS) is 13.5. The summed E-state index contributed by atoms with van der Waals surface area (Å²) in [5.74, 6) is 0.238. The Morgan fingerprint density at radius 1 is 0.970 bits per heavy atom. The SMILES string of the molecule is C[C@@H](Cc1csc2ccccc12)Nc1c(NC[C@H](Cc2ccc(O)cc2)N(C)C)c(=O)c1=O. The first-order valence-corrected chi connectivity index (χ1v) is 11.9. The number of anilines is 2. The summed E-state index contributed by atoms with van der Waals surface area (Å²) in [6.45, 7) is 2.55. The van der Waals surface area contributed by atoms with E-state index in [4.69, 9.17) is 0 Å². The molecule has 0 aliphatic heterocycles. The molecule has 0 fully saturated rings. The summed E-state index contributed by atoms with van der Waals surface area (Å²) in [5.41, 5.74) is 2.17. The maximum atomic E-state index is 12.3. The maximum absolute atomic E-state index is 12.3. The standard InChI is InChI=1S/C26H29N3O3S/c1-16(12-18-15-33-22-7-5-4-6-21(18)22)28-24-23(25(31)26(24)32)27-14-19(29(2)3)13-17-8-10-20(30)11-9-17/h4-11,15-16,19,27-28,30H,12-14H2,1-3H3/t16-,19-/m0/s1. The molecule has 7 heteroatoms. The van der Waals surface area contributed by atoms with Gasteiger partial charge in [0.1, 0.15) is 17.1 Å². The van der Waals surface area contributed by atoms with E-state index in [-0.39, 0.29) is 17.8 Å². The minimum atomic E-state index is -0.465. The average molecular weight is 464 g/mol. The lowest BCUT2D eigenvalue weighted by Crippen LogP contribution is -2.43. The predicted octanol–water partition coefficient (Wildman–Crippen LogP) is 3.83. The summed E-state index contributed by atoms with van der Waals surface area (Å²) in [6.07, 6.45) is 1.52. The van der Waals surface area contributed by atoms with Crippen molar-refractivity contribution in [2.75, 3.05) is 31.3 Å². The van der Waals surface area contributed by atoms with E-state index < -0.39 is 10.9 Å². The van der Waals surface area contributed by atoms with Crippen LogP contribution in [0.15, 0.2) is 63.5 Å². The second-order valence-electron chi connectivity index (χ2n) is 8.78. The van der Waals surface area contributed by atoms with Gasteiger partial charge in [-0.3, -0.25) is 9.59 Å². The monoisotopic (exact) mass is 463 g/mol. The Kier molecular flexibility index (Phi) is 6.81. The van der Waals surface area contributed by atoms with Gasteiger partial charge in [-0.2, -0.15) is 0 Å². The van der Waals surface area contributed by atoms with E-state index in [1.807, 2.05) is 45.3 Å². The van der Waals surface area contributed by atoms with Gasteiger partial charge in [0.15, 0.2) is 0 Å². The zero-order valence-corrected chi connectivity index (χ0v) is 19.9. The first-order chi connectivity index (χ1) is 15.8. The number of likely N-dealkylation sites (N-methyl/N-ethyl adjacent to an activating group) is 1. The van der Waals surface area contributed by atoms with Gasteiger partial charge < -0.3 is 20.6 Å². The molecule has 6 nitrogen and oxygen atoms in total. The quantitative estimate of drug-likeness (QED) is 0.310. The molecule has 0 bridgehead atoms. The molecule has 33 heavy (non-hydrogen) atoms. The third-order valence-corrected chi connectivity index (χ3v) is 7.05. The summed E-state index contributed by atoms with van der Waals surface area (Å²) in [5, 5.41) is 19.4. The zero-order valence-electron chi connectivity index (χ0n) is 19.1. The van der Waals surface area contributed by atoms with Gasteiger partial charge in [-0.25, -0.2) is 0 Å². The minimum absolute atomic E-state index is 0.00787. The lowest BCUT2D eigenvalue weighted by atomic mass is 10.0. The Morgan fingerprint density at radius 3 is 2.39 bits per heavy atom. The van der Waals surface area contributed by atoms with Crippen molar-refractivity contribution in [3.05, 3.63) is 85.5 Å². The maximum Gasteiger partial charge on any atom is 0.253 e. The number of hydrogen-bond acceptors (Lipinski definition) is 7. The van der Waals surface area contributed by atoms with Crippen LogP contribution in [0.2, 0.25) is 0 Å². The lowest BCUT2D eigenvalue weighted by molar-refractivity contribution is 0.303. The molecule has 0 aliphatic rings. The number of fused-ring (bicyclic) bond motifs is 1. The highest BCUT2D eigenvalue weighted by molar-refractivity contribution is 7.17. The van der Waals surface area contributed by atoms with E-state index in [1.165, 1.54) is 15.6 Å². The molecule has 172 valence electrons.